The average Bonchev–Trinajstić information content (AvgIpc) is 3.05. The molecule has 33 heavy (non-hydrogen) atoms. The fourth-order valence-electron chi connectivity index (χ4n) is 3.18. The molecule has 3 rings (SSSR count). The second kappa shape index (κ2) is 10.7. The summed E-state index contributed by atoms with van der Waals surface area (Å²) < 4.78 is 11.5. The van der Waals surface area contributed by atoms with E-state index in [2.05, 4.69) is 0 Å². The van der Waals surface area contributed by atoms with Crippen LogP contribution in [0.4, 0.5) is 10.5 Å². The van der Waals surface area contributed by atoms with Crippen LogP contribution in [0.25, 0.3) is 6.08 Å². The number of imide groups is 1. The van der Waals surface area contributed by atoms with E-state index in [1.165, 1.54) is 17.0 Å². The highest BCUT2D eigenvalue weighted by atomic mass is 35.5. The molecule has 1 fully saturated rings. The van der Waals surface area contributed by atoms with Gasteiger partial charge in [-0.05, 0) is 61.4 Å². The fraction of sp³-hybridized carbons (Fsp3) is 0.304. The van der Waals surface area contributed by atoms with Gasteiger partial charge in [-0.15, -0.1) is 0 Å². The number of rotatable bonds is 9. The molecular formula is C23H23ClN2O6S. The van der Waals surface area contributed by atoms with Gasteiger partial charge in [0.05, 0.1) is 21.5 Å². The van der Waals surface area contributed by atoms with Crippen molar-refractivity contribution in [1.82, 2.24) is 4.90 Å². The molecule has 1 heterocycles. The summed E-state index contributed by atoms with van der Waals surface area (Å²) in [6.45, 7) is 5.95. The van der Waals surface area contributed by atoms with Crippen molar-refractivity contribution in [2.75, 3.05) is 6.61 Å². The Morgan fingerprint density at radius 2 is 1.97 bits per heavy atom. The Hall–Kier alpha value is -3.04. The summed E-state index contributed by atoms with van der Waals surface area (Å²) in [5.41, 5.74) is 1.15. The minimum Gasteiger partial charge on any atom is -0.490 e. The van der Waals surface area contributed by atoms with Crippen LogP contribution in [0.5, 0.6) is 11.5 Å². The summed E-state index contributed by atoms with van der Waals surface area (Å²) in [5.74, 6) is 0.317. The van der Waals surface area contributed by atoms with Gasteiger partial charge in [-0.1, -0.05) is 30.7 Å². The van der Waals surface area contributed by atoms with E-state index in [0.717, 1.165) is 11.8 Å². The van der Waals surface area contributed by atoms with Gasteiger partial charge in [0.2, 0.25) is 0 Å². The third-order valence-corrected chi connectivity index (χ3v) is 6.15. The zero-order valence-electron chi connectivity index (χ0n) is 18.4. The molecule has 2 aromatic rings. The average molecular weight is 491 g/mol. The first kappa shape index (κ1) is 24.6. The molecule has 10 heteroatoms. The highest BCUT2D eigenvalue weighted by molar-refractivity contribution is 8.18. The Kier molecular flexibility index (Phi) is 7.99. The van der Waals surface area contributed by atoms with E-state index in [-0.39, 0.29) is 40.3 Å². The van der Waals surface area contributed by atoms with Crippen molar-refractivity contribution >= 4 is 46.3 Å². The number of halogens is 1. The molecule has 8 nitrogen and oxygen atoms in total. The molecule has 0 aliphatic carbocycles. The number of carbonyl (C=O) groups excluding carboxylic acids is 2. The number of non-ortho nitro benzene ring substituents is 1. The molecule has 0 aromatic heterocycles. The molecule has 0 unspecified atom stereocenters. The molecule has 0 spiro atoms. The number of hydrogen-bond acceptors (Lipinski definition) is 7. The molecule has 0 bridgehead atoms. The van der Waals surface area contributed by atoms with Crippen LogP contribution in [0.15, 0.2) is 41.3 Å². The molecule has 1 aliphatic heterocycles. The summed E-state index contributed by atoms with van der Waals surface area (Å²) in [4.78, 5) is 37.1. The maximum atomic E-state index is 12.7. The molecule has 1 atom stereocenters. The molecule has 1 saturated heterocycles. The van der Waals surface area contributed by atoms with Gasteiger partial charge in [0.25, 0.3) is 16.8 Å². The number of ether oxygens (including phenoxy) is 2. The van der Waals surface area contributed by atoms with Crippen molar-refractivity contribution in [1.29, 1.82) is 0 Å². The molecule has 174 valence electrons. The van der Waals surface area contributed by atoms with Crippen molar-refractivity contribution in [3.63, 3.8) is 0 Å². The predicted octanol–water partition coefficient (Wildman–Crippen LogP) is 6.06. The zero-order chi connectivity index (χ0) is 24.1. The Balaban J connectivity index is 1.86. The van der Waals surface area contributed by atoms with E-state index >= 15 is 0 Å². The van der Waals surface area contributed by atoms with Gasteiger partial charge in [0.1, 0.15) is 6.61 Å². The van der Waals surface area contributed by atoms with Gasteiger partial charge in [-0.2, -0.15) is 0 Å². The Morgan fingerprint density at radius 1 is 1.21 bits per heavy atom. The fourth-order valence-corrected chi connectivity index (χ4v) is 4.39. The van der Waals surface area contributed by atoms with E-state index in [1.54, 1.807) is 30.3 Å². The van der Waals surface area contributed by atoms with Crippen LogP contribution in [0.3, 0.4) is 0 Å². The third-order valence-electron chi connectivity index (χ3n) is 4.99. The molecular weight excluding hydrogens is 468 g/mol. The molecule has 0 saturated carbocycles. The van der Waals surface area contributed by atoms with Crippen molar-refractivity contribution in [2.24, 2.45) is 0 Å². The third kappa shape index (κ3) is 5.66. The first-order valence-corrected chi connectivity index (χ1v) is 11.5. The Labute approximate surface area is 200 Å². The summed E-state index contributed by atoms with van der Waals surface area (Å²) in [6, 6.07) is 9.23. The van der Waals surface area contributed by atoms with Crippen molar-refractivity contribution in [2.45, 2.75) is 39.8 Å². The van der Waals surface area contributed by atoms with Crippen LogP contribution >= 0.6 is 23.4 Å². The second-order valence-corrected chi connectivity index (χ2v) is 8.69. The summed E-state index contributed by atoms with van der Waals surface area (Å²) in [6.07, 6.45) is 2.27. The van der Waals surface area contributed by atoms with E-state index in [0.29, 0.717) is 34.8 Å². The number of amides is 2. The van der Waals surface area contributed by atoms with Crippen molar-refractivity contribution < 1.29 is 24.0 Å². The highest BCUT2D eigenvalue weighted by Gasteiger charge is 2.37. The SMILES string of the molecule is CCOc1cc(/C=C2/SC(=O)N([C@H](C)CC)C2=O)cc(Cl)c1OCc1cccc([N+](=O)[O-])c1. The van der Waals surface area contributed by atoms with Gasteiger partial charge in [0.15, 0.2) is 11.5 Å². The normalized spacial score (nSPS) is 15.8. The van der Waals surface area contributed by atoms with Crippen LogP contribution < -0.4 is 9.47 Å². The lowest BCUT2D eigenvalue weighted by Crippen LogP contribution is -2.36. The van der Waals surface area contributed by atoms with E-state index < -0.39 is 4.92 Å². The van der Waals surface area contributed by atoms with E-state index in [9.17, 15) is 19.7 Å². The molecule has 1 aliphatic rings. The number of nitro benzene ring substituents is 1. The quantitative estimate of drug-likeness (QED) is 0.239. The molecule has 2 aromatic carbocycles. The van der Waals surface area contributed by atoms with E-state index in [1.807, 2.05) is 20.8 Å². The molecule has 0 N–H and O–H groups in total. The van der Waals surface area contributed by atoms with Gasteiger partial charge >= 0.3 is 0 Å². The lowest BCUT2D eigenvalue weighted by atomic mass is 10.1. The maximum Gasteiger partial charge on any atom is 0.293 e. The lowest BCUT2D eigenvalue weighted by Gasteiger charge is -2.19. The standard InChI is InChI=1S/C23H23ClN2O6S/c1-4-14(3)25-22(27)20(33-23(25)28)12-16-10-18(24)21(19(11-16)31-5-2)32-13-15-7-6-8-17(9-15)26(29)30/h6-12,14H,4-5,13H2,1-3H3/b20-12+/t14-/m1/s1. The minimum absolute atomic E-state index is 0.0334. The largest absolute Gasteiger partial charge is 0.490 e. The number of benzene rings is 2. The first-order chi connectivity index (χ1) is 15.7. The van der Waals surface area contributed by atoms with Crippen LogP contribution in [0, 0.1) is 10.1 Å². The topological polar surface area (TPSA) is 99.0 Å². The van der Waals surface area contributed by atoms with Gasteiger partial charge < -0.3 is 9.47 Å². The number of thioether (sulfide) groups is 1. The number of hydrogen-bond donors (Lipinski definition) is 0. The summed E-state index contributed by atoms with van der Waals surface area (Å²) in [7, 11) is 0. The monoisotopic (exact) mass is 490 g/mol. The van der Waals surface area contributed by atoms with Crippen molar-refractivity contribution in [3.05, 3.63) is 67.6 Å². The minimum atomic E-state index is -0.472. The number of nitrogens with zero attached hydrogens (tertiary/aromatic N) is 2. The van der Waals surface area contributed by atoms with Crippen LogP contribution in [0.1, 0.15) is 38.3 Å². The van der Waals surface area contributed by atoms with Crippen LogP contribution in [-0.2, 0) is 11.4 Å². The second-order valence-electron chi connectivity index (χ2n) is 7.29. The zero-order valence-corrected chi connectivity index (χ0v) is 19.9. The maximum absolute atomic E-state index is 12.7. The van der Waals surface area contributed by atoms with Gasteiger partial charge in [0, 0.05) is 18.2 Å². The van der Waals surface area contributed by atoms with Crippen LogP contribution in [-0.4, -0.2) is 33.6 Å². The Bertz CT molecular complexity index is 1120. The van der Waals surface area contributed by atoms with Gasteiger partial charge in [-0.25, -0.2) is 0 Å². The van der Waals surface area contributed by atoms with E-state index in [4.69, 9.17) is 21.1 Å². The number of carbonyl (C=O) groups is 2. The molecule has 2 amide bonds. The van der Waals surface area contributed by atoms with Gasteiger partial charge in [-0.3, -0.25) is 24.6 Å². The van der Waals surface area contributed by atoms with Crippen molar-refractivity contribution in [3.8, 4) is 11.5 Å². The lowest BCUT2D eigenvalue weighted by molar-refractivity contribution is -0.384. The first-order valence-electron chi connectivity index (χ1n) is 10.3. The highest BCUT2D eigenvalue weighted by Crippen LogP contribution is 2.40. The molecule has 0 radical (unpaired) electrons. The van der Waals surface area contributed by atoms with Crippen LogP contribution in [0.2, 0.25) is 5.02 Å². The summed E-state index contributed by atoms with van der Waals surface area (Å²) >= 11 is 7.35. The summed E-state index contributed by atoms with van der Waals surface area (Å²) in [5, 5.41) is 10.9. The number of nitro groups is 1. The predicted molar refractivity (Wildman–Crippen MR) is 128 cm³/mol. The Morgan fingerprint density at radius 3 is 2.64 bits per heavy atom. The smallest absolute Gasteiger partial charge is 0.293 e.